The Kier molecular flexibility index (Phi) is 3.46. The molecule has 1 fully saturated rings. The van der Waals surface area contributed by atoms with E-state index >= 15 is 0 Å². The van der Waals surface area contributed by atoms with E-state index in [0.717, 1.165) is 0 Å². The van der Waals surface area contributed by atoms with Crippen LogP contribution < -0.4 is 0 Å². The van der Waals surface area contributed by atoms with Crippen molar-refractivity contribution < 1.29 is 13.9 Å². The molecule has 1 aliphatic rings. The Morgan fingerprint density at radius 3 is 2.47 bits per heavy atom. The maximum absolute atomic E-state index is 13.6. The Hall–Kier alpha value is -1.38. The summed E-state index contributed by atoms with van der Waals surface area (Å²) in [6, 6.07) is 8.91. The van der Waals surface area contributed by atoms with Crippen LogP contribution in [0.4, 0.5) is 4.39 Å². The van der Waals surface area contributed by atoms with Crippen LogP contribution in [-0.2, 0) is 4.74 Å². The molecule has 2 nitrogen and oxygen atoms in total. The van der Waals surface area contributed by atoms with Crippen LogP contribution in [0.5, 0.6) is 0 Å². The zero-order chi connectivity index (χ0) is 12.3. The fourth-order valence-corrected chi connectivity index (χ4v) is 2.10. The molecule has 17 heavy (non-hydrogen) atoms. The summed E-state index contributed by atoms with van der Waals surface area (Å²) < 4.78 is 18.9. The lowest BCUT2D eigenvalue weighted by Crippen LogP contribution is -2.31. The summed E-state index contributed by atoms with van der Waals surface area (Å²) >= 11 is 0. The van der Waals surface area contributed by atoms with E-state index in [1.165, 1.54) is 0 Å². The number of hydrogen-bond donors (Lipinski definition) is 0. The van der Waals surface area contributed by atoms with E-state index in [4.69, 9.17) is 4.74 Å². The first-order valence-electron chi connectivity index (χ1n) is 6.02. The fraction of sp³-hybridized carbons (Fsp3) is 0.500. The number of carbonyl (C=O) groups excluding carboxylic acids is 1. The predicted molar refractivity (Wildman–Crippen MR) is 63.6 cm³/mol. The van der Waals surface area contributed by atoms with Crippen molar-refractivity contribution in [2.24, 2.45) is 0 Å². The Balaban J connectivity index is 1.89. The molecule has 0 amide bonds. The van der Waals surface area contributed by atoms with Crippen molar-refractivity contribution >= 4 is 5.97 Å². The summed E-state index contributed by atoms with van der Waals surface area (Å²) in [7, 11) is 0. The molecule has 0 saturated heterocycles. The number of halogens is 1. The predicted octanol–water partition coefficient (Wildman–Crippen LogP) is 3.51. The van der Waals surface area contributed by atoms with Crippen molar-refractivity contribution in [3.05, 3.63) is 35.9 Å². The molecule has 0 aromatic heterocycles. The van der Waals surface area contributed by atoms with Gasteiger partial charge in [-0.25, -0.2) is 9.18 Å². The highest BCUT2D eigenvalue weighted by Crippen LogP contribution is 2.32. The molecule has 1 aliphatic carbocycles. The highest BCUT2D eigenvalue weighted by Gasteiger charge is 2.32. The van der Waals surface area contributed by atoms with Crippen LogP contribution in [0.25, 0.3) is 0 Å². The van der Waals surface area contributed by atoms with E-state index in [2.05, 4.69) is 0 Å². The standard InChI is InChI=1S/C14H17FO2/c1-14(15)9-7-12(8-10-14)17-13(16)11-5-3-2-4-6-11/h2-6,12H,7-10H2,1H3. The largest absolute Gasteiger partial charge is 0.459 e. The average molecular weight is 236 g/mol. The van der Waals surface area contributed by atoms with E-state index in [1.807, 2.05) is 6.07 Å². The molecule has 0 atom stereocenters. The van der Waals surface area contributed by atoms with Gasteiger partial charge in [-0.3, -0.25) is 0 Å². The maximum atomic E-state index is 13.6. The first kappa shape index (κ1) is 12.1. The molecule has 0 N–H and O–H groups in total. The van der Waals surface area contributed by atoms with Crippen molar-refractivity contribution in [2.75, 3.05) is 0 Å². The molecule has 0 bridgehead atoms. The van der Waals surface area contributed by atoms with Gasteiger partial charge in [0.15, 0.2) is 0 Å². The molecule has 92 valence electrons. The van der Waals surface area contributed by atoms with Gasteiger partial charge in [0.25, 0.3) is 0 Å². The number of rotatable bonds is 2. The smallest absolute Gasteiger partial charge is 0.338 e. The average Bonchev–Trinajstić information content (AvgIpc) is 2.33. The Bertz CT molecular complexity index is 376. The Morgan fingerprint density at radius 1 is 1.29 bits per heavy atom. The van der Waals surface area contributed by atoms with Crippen molar-refractivity contribution in [3.63, 3.8) is 0 Å². The lowest BCUT2D eigenvalue weighted by molar-refractivity contribution is -0.0000199. The van der Waals surface area contributed by atoms with Gasteiger partial charge in [0, 0.05) is 0 Å². The molecule has 0 heterocycles. The number of esters is 1. The molecular formula is C14H17FO2. The van der Waals surface area contributed by atoms with Gasteiger partial charge >= 0.3 is 5.97 Å². The summed E-state index contributed by atoms with van der Waals surface area (Å²) in [5.41, 5.74) is -0.531. The fourth-order valence-electron chi connectivity index (χ4n) is 2.10. The molecular weight excluding hydrogens is 219 g/mol. The summed E-state index contributed by atoms with van der Waals surface area (Å²) in [4.78, 5) is 11.8. The zero-order valence-electron chi connectivity index (χ0n) is 9.99. The van der Waals surface area contributed by atoms with Gasteiger partial charge in [0.05, 0.1) is 5.56 Å². The Labute approximate surface area is 101 Å². The van der Waals surface area contributed by atoms with E-state index in [9.17, 15) is 9.18 Å². The molecule has 0 aliphatic heterocycles. The van der Waals surface area contributed by atoms with E-state index < -0.39 is 5.67 Å². The topological polar surface area (TPSA) is 26.3 Å². The van der Waals surface area contributed by atoms with Gasteiger partial charge in [-0.2, -0.15) is 0 Å². The molecule has 0 unspecified atom stereocenters. The summed E-state index contributed by atoms with van der Waals surface area (Å²) in [5.74, 6) is -0.307. The van der Waals surface area contributed by atoms with Crippen LogP contribution >= 0.6 is 0 Å². The van der Waals surface area contributed by atoms with Crippen LogP contribution in [-0.4, -0.2) is 17.7 Å². The minimum atomic E-state index is -1.09. The first-order valence-corrected chi connectivity index (χ1v) is 6.02. The molecule has 0 spiro atoms. The minimum absolute atomic E-state index is 0.133. The van der Waals surface area contributed by atoms with Crippen molar-refractivity contribution in [3.8, 4) is 0 Å². The Morgan fingerprint density at radius 2 is 1.88 bits per heavy atom. The first-order chi connectivity index (χ1) is 8.07. The molecule has 1 saturated carbocycles. The van der Waals surface area contributed by atoms with E-state index in [1.54, 1.807) is 31.2 Å². The summed E-state index contributed by atoms with van der Waals surface area (Å²) in [5, 5.41) is 0. The second kappa shape index (κ2) is 4.86. The van der Waals surface area contributed by atoms with Gasteiger partial charge in [0.1, 0.15) is 11.8 Å². The van der Waals surface area contributed by atoms with Crippen LogP contribution in [0.3, 0.4) is 0 Å². The van der Waals surface area contributed by atoms with Gasteiger partial charge in [0.2, 0.25) is 0 Å². The van der Waals surface area contributed by atoms with Crippen molar-refractivity contribution in [1.82, 2.24) is 0 Å². The SMILES string of the molecule is CC1(F)CCC(OC(=O)c2ccccc2)CC1. The van der Waals surface area contributed by atoms with E-state index in [0.29, 0.717) is 31.2 Å². The minimum Gasteiger partial charge on any atom is -0.459 e. The highest BCUT2D eigenvalue weighted by molar-refractivity contribution is 5.89. The van der Waals surface area contributed by atoms with Gasteiger partial charge in [-0.1, -0.05) is 18.2 Å². The van der Waals surface area contributed by atoms with Crippen LogP contribution in [0.1, 0.15) is 43.0 Å². The monoisotopic (exact) mass is 236 g/mol. The third kappa shape index (κ3) is 3.29. The molecule has 0 radical (unpaired) electrons. The van der Waals surface area contributed by atoms with Gasteiger partial charge in [-0.15, -0.1) is 0 Å². The summed E-state index contributed by atoms with van der Waals surface area (Å²) in [6.07, 6.45) is 2.04. The third-order valence-electron chi connectivity index (χ3n) is 3.26. The number of ether oxygens (including phenoxy) is 1. The lowest BCUT2D eigenvalue weighted by Gasteiger charge is -2.30. The van der Waals surface area contributed by atoms with Gasteiger partial charge in [-0.05, 0) is 44.7 Å². The zero-order valence-corrected chi connectivity index (χ0v) is 9.99. The molecule has 2 rings (SSSR count). The van der Waals surface area contributed by atoms with Crippen molar-refractivity contribution in [2.45, 2.75) is 44.4 Å². The van der Waals surface area contributed by atoms with Crippen LogP contribution in [0, 0.1) is 0 Å². The number of carbonyl (C=O) groups is 1. The van der Waals surface area contributed by atoms with E-state index in [-0.39, 0.29) is 12.1 Å². The third-order valence-corrected chi connectivity index (χ3v) is 3.26. The van der Waals surface area contributed by atoms with Crippen LogP contribution in [0.15, 0.2) is 30.3 Å². The normalized spacial score (nSPS) is 28.7. The second-order valence-corrected chi connectivity index (χ2v) is 4.88. The quantitative estimate of drug-likeness (QED) is 0.734. The van der Waals surface area contributed by atoms with Crippen molar-refractivity contribution in [1.29, 1.82) is 0 Å². The number of benzene rings is 1. The van der Waals surface area contributed by atoms with Crippen LogP contribution in [0.2, 0.25) is 0 Å². The lowest BCUT2D eigenvalue weighted by atomic mass is 9.86. The molecule has 1 aromatic carbocycles. The second-order valence-electron chi connectivity index (χ2n) is 4.88. The number of hydrogen-bond acceptors (Lipinski definition) is 2. The molecule has 3 heteroatoms. The highest BCUT2D eigenvalue weighted by atomic mass is 19.1. The van der Waals surface area contributed by atoms with Gasteiger partial charge < -0.3 is 4.74 Å². The number of alkyl halides is 1. The summed E-state index contributed by atoms with van der Waals surface area (Å²) in [6.45, 7) is 1.61. The molecule has 1 aromatic rings. The maximum Gasteiger partial charge on any atom is 0.338 e.